The second-order valence-electron chi connectivity index (χ2n) is 6.08. The van der Waals surface area contributed by atoms with Crippen LogP contribution in [0.3, 0.4) is 0 Å². The number of likely N-dealkylation sites (N-methyl/N-ethyl adjacent to an activating group) is 1. The molecule has 1 amide bonds. The maximum Gasteiger partial charge on any atom is 0.251 e. The summed E-state index contributed by atoms with van der Waals surface area (Å²) in [5.74, 6) is 0.828. The summed E-state index contributed by atoms with van der Waals surface area (Å²) in [6.07, 6.45) is 1.80. The van der Waals surface area contributed by atoms with E-state index in [1.807, 2.05) is 12.1 Å². The largest absolute Gasteiger partial charge is 0.399 e. The number of hydrogen-bond donors (Lipinski definition) is 2. The minimum atomic E-state index is -0.129. The Kier molecular flexibility index (Phi) is 4.96. The number of nitrogens with one attached hydrogen (secondary N) is 1. The Morgan fingerprint density at radius 1 is 1.21 bits per heavy atom. The smallest absolute Gasteiger partial charge is 0.251 e. The molecule has 3 rings (SSSR count). The van der Waals surface area contributed by atoms with Crippen molar-refractivity contribution in [3.8, 4) is 0 Å². The predicted molar refractivity (Wildman–Crippen MR) is 96.0 cm³/mol. The second kappa shape index (κ2) is 7.31. The second-order valence-corrected chi connectivity index (χ2v) is 6.08. The number of carbonyl (C=O) groups excluding carboxylic acids is 1. The lowest BCUT2D eigenvalue weighted by Gasteiger charge is -2.34. The summed E-state index contributed by atoms with van der Waals surface area (Å²) in [7, 11) is 2.13. The Balaban J connectivity index is 1.68. The molecule has 0 spiro atoms. The minimum Gasteiger partial charge on any atom is -0.399 e. The summed E-state index contributed by atoms with van der Waals surface area (Å²) in [6.45, 7) is 4.38. The Morgan fingerprint density at radius 2 is 2.00 bits per heavy atom. The average molecular weight is 325 g/mol. The molecule has 6 heteroatoms. The molecule has 3 N–H and O–H groups in total. The number of hydrogen-bond acceptors (Lipinski definition) is 5. The maximum absolute atomic E-state index is 12.3. The van der Waals surface area contributed by atoms with Gasteiger partial charge in [-0.2, -0.15) is 0 Å². The molecule has 1 aromatic carbocycles. The molecule has 24 heavy (non-hydrogen) atoms. The molecule has 126 valence electrons. The Hall–Kier alpha value is -2.60. The first-order valence-corrected chi connectivity index (χ1v) is 8.14. The van der Waals surface area contributed by atoms with E-state index in [0.717, 1.165) is 37.6 Å². The van der Waals surface area contributed by atoms with Crippen molar-refractivity contribution in [1.29, 1.82) is 0 Å². The highest BCUT2D eigenvalue weighted by Gasteiger charge is 2.18. The molecule has 1 saturated heterocycles. The van der Waals surface area contributed by atoms with E-state index in [9.17, 15) is 4.79 Å². The molecule has 0 radical (unpaired) electrons. The van der Waals surface area contributed by atoms with Gasteiger partial charge in [-0.25, -0.2) is 4.98 Å². The lowest BCUT2D eigenvalue weighted by molar-refractivity contribution is 0.0951. The number of aromatic nitrogens is 1. The zero-order valence-corrected chi connectivity index (χ0v) is 13.9. The van der Waals surface area contributed by atoms with Gasteiger partial charge in [0.1, 0.15) is 5.82 Å². The van der Waals surface area contributed by atoms with Crippen LogP contribution in [0, 0.1) is 0 Å². The fraction of sp³-hybridized carbons (Fsp3) is 0.333. The summed E-state index contributed by atoms with van der Waals surface area (Å²) in [5.41, 5.74) is 7.92. The van der Waals surface area contributed by atoms with Gasteiger partial charge in [0.25, 0.3) is 5.91 Å². The zero-order chi connectivity index (χ0) is 16.9. The molecule has 1 fully saturated rings. The topological polar surface area (TPSA) is 74.5 Å². The van der Waals surface area contributed by atoms with Crippen LogP contribution in [0.15, 0.2) is 42.6 Å². The number of amides is 1. The fourth-order valence-electron chi connectivity index (χ4n) is 2.83. The fourth-order valence-corrected chi connectivity index (χ4v) is 2.83. The molecule has 1 aliphatic rings. The van der Waals surface area contributed by atoms with E-state index in [-0.39, 0.29) is 5.91 Å². The van der Waals surface area contributed by atoms with E-state index in [1.54, 1.807) is 30.5 Å². The van der Waals surface area contributed by atoms with E-state index in [0.29, 0.717) is 17.8 Å². The van der Waals surface area contributed by atoms with Crippen LogP contribution in [0.2, 0.25) is 0 Å². The standard InChI is InChI=1S/C18H23N5O/c1-22-8-10-23(11-9-22)17-15(5-3-7-20-17)13-21-18(24)14-4-2-6-16(19)12-14/h2-7,12H,8-11,13,19H2,1H3,(H,21,24). The molecule has 1 aromatic heterocycles. The highest BCUT2D eigenvalue weighted by Crippen LogP contribution is 2.18. The summed E-state index contributed by atoms with van der Waals surface area (Å²) in [4.78, 5) is 21.4. The normalized spacial score (nSPS) is 15.3. The van der Waals surface area contributed by atoms with Gasteiger partial charge in [-0.3, -0.25) is 4.79 Å². The van der Waals surface area contributed by atoms with Crippen LogP contribution in [0.1, 0.15) is 15.9 Å². The van der Waals surface area contributed by atoms with E-state index >= 15 is 0 Å². The number of carbonyl (C=O) groups is 1. The highest BCUT2D eigenvalue weighted by molar-refractivity contribution is 5.95. The molecule has 6 nitrogen and oxygen atoms in total. The molecular weight excluding hydrogens is 302 g/mol. The lowest BCUT2D eigenvalue weighted by Crippen LogP contribution is -2.45. The Morgan fingerprint density at radius 3 is 2.75 bits per heavy atom. The molecule has 0 bridgehead atoms. The number of nitrogens with two attached hydrogens (primary N) is 1. The van der Waals surface area contributed by atoms with Gasteiger partial charge >= 0.3 is 0 Å². The monoisotopic (exact) mass is 325 g/mol. The van der Waals surface area contributed by atoms with Crippen LogP contribution >= 0.6 is 0 Å². The first-order chi connectivity index (χ1) is 11.6. The average Bonchev–Trinajstić information content (AvgIpc) is 2.61. The number of nitrogens with zero attached hydrogens (tertiary/aromatic N) is 3. The van der Waals surface area contributed by atoms with Crippen LogP contribution in [-0.2, 0) is 6.54 Å². The molecule has 2 heterocycles. The van der Waals surface area contributed by atoms with Crippen LogP contribution < -0.4 is 16.0 Å². The maximum atomic E-state index is 12.3. The summed E-state index contributed by atoms with van der Waals surface area (Å²) >= 11 is 0. The molecule has 0 aliphatic carbocycles. The number of nitrogen functional groups attached to an aromatic ring is 1. The van der Waals surface area contributed by atoms with Crippen LogP contribution in [0.25, 0.3) is 0 Å². The third kappa shape index (κ3) is 3.83. The highest BCUT2D eigenvalue weighted by atomic mass is 16.1. The van der Waals surface area contributed by atoms with Crippen molar-refractivity contribution in [3.63, 3.8) is 0 Å². The van der Waals surface area contributed by atoms with Gasteiger partial charge in [0, 0.05) is 55.7 Å². The third-order valence-electron chi connectivity index (χ3n) is 4.26. The first kappa shape index (κ1) is 16.3. The van der Waals surface area contributed by atoms with Gasteiger partial charge in [0.05, 0.1) is 0 Å². The Labute approximate surface area is 142 Å². The lowest BCUT2D eigenvalue weighted by atomic mass is 10.1. The summed E-state index contributed by atoms with van der Waals surface area (Å²) in [5, 5.41) is 2.96. The third-order valence-corrected chi connectivity index (χ3v) is 4.26. The van der Waals surface area contributed by atoms with Crippen molar-refractivity contribution < 1.29 is 4.79 Å². The zero-order valence-electron chi connectivity index (χ0n) is 13.9. The van der Waals surface area contributed by atoms with Crippen molar-refractivity contribution >= 4 is 17.4 Å². The quantitative estimate of drug-likeness (QED) is 0.830. The van der Waals surface area contributed by atoms with Crippen molar-refractivity contribution in [2.75, 3.05) is 43.9 Å². The number of rotatable bonds is 4. The van der Waals surface area contributed by atoms with E-state index in [4.69, 9.17) is 5.73 Å². The van der Waals surface area contributed by atoms with E-state index in [1.165, 1.54) is 0 Å². The van der Waals surface area contributed by atoms with Crippen molar-refractivity contribution in [2.24, 2.45) is 0 Å². The van der Waals surface area contributed by atoms with E-state index < -0.39 is 0 Å². The van der Waals surface area contributed by atoms with Crippen LogP contribution in [-0.4, -0.2) is 49.0 Å². The predicted octanol–water partition coefficient (Wildman–Crippen LogP) is 1.35. The SMILES string of the molecule is CN1CCN(c2ncccc2CNC(=O)c2cccc(N)c2)CC1. The van der Waals surface area contributed by atoms with Crippen molar-refractivity contribution in [1.82, 2.24) is 15.2 Å². The molecule has 0 saturated carbocycles. The molecular formula is C18H23N5O. The number of piperazine rings is 1. The van der Waals surface area contributed by atoms with Crippen LogP contribution in [0.4, 0.5) is 11.5 Å². The number of benzene rings is 1. The minimum absolute atomic E-state index is 0.129. The van der Waals surface area contributed by atoms with Gasteiger partial charge in [-0.05, 0) is 31.3 Å². The van der Waals surface area contributed by atoms with Crippen LogP contribution in [0.5, 0.6) is 0 Å². The number of anilines is 2. The summed E-state index contributed by atoms with van der Waals surface area (Å²) in [6, 6.07) is 10.9. The van der Waals surface area contributed by atoms with Crippen molar-refractivity contribution in [3.05, 3.63) is 53.7 Å². The van der Waals surface area contributed by atoms with E-state index in [2.05, 4.69) is 27.1 Å². The molecule has 1 aliphatic heterocycles. The molecule has 2 aromatic rings. The first-order valence-electron chi connectivity index (χ1n) is 8.14. The van der Waals surface area contributed by atoms with Crippen molar-refractivity contribution in [2.45, 2.75) is 6.54 Å². The van der Waals surface area contributed by atoms with Gasteiger partial charge in [0.2, 0.25) is 0 Å². The molecule has 0 unspecified atom stereocenters. The van der Waals surface area contributed by atoms with Gasteiger partial charge in [0.15, 0.2) is 0 Å². The van der Waals surface area contributed by atoms with Gasteiger partial charge in [-0.15, -0.1) is 0 Å². The van der Waals surface area contributed by atoms with Gasteiger partial charge < -0.3 is 20.9 Å². The Bertz CT molecular complexity index is 710. The number of pyridine rings is 1. The molecule has 0 atom stereocenters. The summed E-state index contributed by atoms with van der Waals surface area (Å²) < 4.78 is 0. The van der Waals surface area contributed by atoms with Gasteiger partial charge in [-0.1, -0.05) is 12.1 Å².